The lowest BCUT2D eigenvalue weighted by Gasteiger charge is -2.06. The van der Waals surface area contributed by atoms with Crippen molar-refractivity contribution >= 4 is 0 Å². The molecular weight excluding hydrogens is 146 g/mol. The highest BCUT2D eigenvalue weighted by Crippen LogP contribution is 2.26. The van der Waals surface area contributed by atoms with Crippen LogP contribution in [0.1, 0.15) is 40.0 Å². The topological polar surface area (TPSA) is 12.0 Å². The van der Waals surface area contributed by atoms with Crippen LogP contribution in [0, 0.1) is 0 Å². The second kappa shape index (κ2) is 4.34. The van der Waals surface area contributed by atoms with Gasteiger partial charge in [0.05, 0.1) is 0 Å². The van der Waals surface area contributed by atoms with Crippen LogP contribution >= 0.6 is 0 Å². The van der Waals surface area contributed by atoms with Gasteiger partial charge in [0.2, 0.25) is 0 Å². The maximum Gasteiger partial charge on any atom is 0.0332 e. The van der Waals surface area contributed by atoms with Crippen LogP contribution in [0.3, 0.4) is 0 Å². The Labute approximate surface area is 75.6 Å². The summed E-state index contributed by atoms with van der Waals surface area (Å²) in [6, 6.07) is 0.663. The molecule has 2 rings (SSSR count). The van der Waals surface area contributed by atoms with Gasteiger partial charge >= 0.3 is 0 Å². The predicted molar refractivity (Wildman–Crippen MR) is 54.0 cm³/mol. The van der Waals surface area contributed by atoms with E-state index < -0.39 is 0 Å². The first-order chi connectivity index (χ1) is 5.86. The Morgan fingerprint density at radius 1 is 1.25 bits per heavy atom. The quantitative estimate of drug-likeness (QED) is 0.582. The van der Waals surface area contributed by atoms with Gasteiger partial charge < -0.3 is 5.32 Å². The van der Waals surface area contributed by atoms with Crippen molar-refractivity contribution in [1.82, 2.24) is 5.32 Å². The Balaban J connectivity index is 0.000000336. The van der Waals surface area contributed by atoms with E-state index >= 15 is 0 Å². The van der Waals surface area contributed by atoms with Crippen molar-refractivity contribution in [2.75, 3.05) is 0 Å². The molecule has 1 atom stereocenters. The summed E-state index contributed by atoms with van der Waals surface area (Å²) in [6.07, 6.45) is 8.38. The average molecular weight is 165 g/mol. The highest BCUT2D eigenvalue weighted by atomic mass is 15.0. The SMILES string of the molecule is CC.CC1CC2=CCCC=C2N1. The van der Waals surface area contributed by atoms with Crippen LogP contribution in [0.5, 0.6) is 0 Å². The summed E-state index contributed by atoms with van der Waals surface area (Å²) in [4.78, 5) is 0. The fourth-order valence-corrected chi connectivity index (χ4v) is 1.72. The van der Waals surface area contributed by atoms with E-state index in [0.29, 0.717) is 6.04 Å². The lowest BCUT2D eigenvalue weighted by atomic mass is 10.0. The van der Waals surface area contributed by atoms with Gasteiger partial charge in [0.25, 0.3) is 0 Å². The van der Waals surface area contributed by atoms with Gasteiger partial charge in [-0.2, -0.15) is 0 Å². The zero-order valence-corrected chi connectivity index (χ0v) is 8.35. The lowest BCUT2D eigenvalue weighted by molar-refractivity contribution is 0.692. The van der Waals surface area contributed by atoms with Gasteiger partial charge in [-0.25, -0.2) is 0 Å². The summed E-state index contributed by atoms with van der Waals surface area (Å²) in [5.74, 6) is 0. The highest BCUT2D eigenvalue weighted by Gasteiger charge is 2.19. The third-order valence-corrected chi connectivity index (χ3v) is 2.18. The molecule has 0 aromatic carbocycles. The largest absolute Gasteiger partial charge is 0.382 e. The maximum atomic E-state index is 3.45. The summed E-state index contributed by atoms with van der Waals surface area (Å²) in [6.45, 7) is 6.24. The molecule has 1 heteroatoms. The van der Waals surface area contributed by atoms with E-state index in [1.54, 1.807) is 5.57 Å². The van der Waals surface area contributed by atoms with Crippen molar-refractivity contribution < 1.29 is 0 Å². The molecule has 1 heterocycles. The lowest BCUT2D eigenvalue weighted by Crippen LogP contribution is -2.15. The zero-order chi connectivity index (χ0) is 8.97. The van der Waals surface area contributed by atoms with Gasteiger partial charge in [0.15, 0.2) is 0 Å². The maximum absolute atomic E-state index is 3.45. The van der Waals surface area contributed by atoms with Gasteiger partial charge in [-0.3, -0.25) is 0 Å². The molecule has 0 bridgehead atoms. The van der Waals surface area contributed by atoms with Gasteiger partial charge in [-0.15, -0.1) is 0 Å². The van der Waals surface area contributed by atoms with Crippen LogP contribution in [-0.4, -0.2) is 6.04 Å². The van der Waals surface area contributed by atoms with Crippen molar-refractivity contribution in [2.24, 2.45) is 0 Å². The smallest absolute Gasteiger partial charge is 0.0332 e. The minimum Gasteiger partial charge on any atom is -0.382 e. The Morgan fingerprint density at radius 2 is 1.92 bits per heavy atom. The molecule has 0 spiro atoms. The molecule has 0 saturated carbocycles. The molecule has 0 aromatic heterocycles. The van der Waals surface area contributed by atoms with Gasteiger partial charge in [-0.1, -0.05) is 26.0 Å². The first-order valence-electron chi connectivity index (χ1n) is 5.02. The summed E-state index contributed by atoms with van der Waals surface area (Å²) in [5.41, 5.74) is 2.94. The summed E-state index contributed by atoms with van der Waals surface area (Å²) < 4.78 is 0. The fourth-order valence-electron chi connectivity index (χ4n) is 1.72. The fraction of sp³-hybridized carbons (Fsp3) is 0.636. The van der Waals surface area contributed by atoms with E-state index in [0.717, 1.165) is 0 Å². The Kier molecular flexibility index (Phi) is 3.39. The Hall–Kier alpha value is -0.720. The van der Waals surface area contributed by atoms with E-state index in [-0.39, 0.29) is 0 Å². The number of rotatable bonds is 0. The molecule has 0 amide bonds. The molecule has 1 aliphatic carbocycles. The zero-order valence-electron chi connectivity index (χ0n) is 8.35. The first-order valence-corrected chi connectivity index (χ1v) is 5.02. The first kappa shape index (κ1) is 9.37. The van der Waals surface area contributed by atoms with Crippen LogP contribution in [0.2, 0.25) is 0 Å². The average Bonchev–Trinajstić information content (AvgIpc) is 2.48. The molecule has 1 fully saturated rings. The summed E-state index contributed by atoms with van der Waals surface area (Å²) >= 11 is 0. The number of nitrogens with one attached hydrogen (secondary N) is 1. The molecule has 1 aliphatic heterocycles. The second-order valence-corrected chi connectivity index (χ2v) is 3.17. The van der Waals surface area contributed by atoms with E-state index in [4.69, 9.17) is 0 Å². The third-order valence-electron chi connectivity index (χ3n) is 2.18. The van der Waals surface area contributed by atoms with Crippen LogP contribution in [0.25, 0.3) is 0 Å². The minimum absolute atomic E-state index is 0.663. The number of hydrogen-bond acceptors (Lipinski definition) is 1. The normalized spacial score (nSPS) is 25.8. The van der Waals surface area contributed by atoms with Crippen molar-refractivity contribution in [3.8, 4) is 0 Å². The van der Waals surface area contributed by atoms with Crippen molar-refractivity contribution in [2.45, 2.75) is 46.1 Å². The number of hydrogen-bond donors (Lipinski definition) is 1. The van der Waals surface area contributed by atoms with Gasteiger partial charge in [0.1, 0.15) is 0 Å². The second-order valence-electron chi connectivity index (χ2n) is 3.17. The van der Waals surface area contributed by atoms with Gasteiger partial charge in [-0.05, 0) is 31.8 Å². The van der Waals surface area contributed by atoms with E-state index in [1.807, 2.05) is 13.8 Å². The van der Waals surface area contributed by atoms with E-state index in [1.165, 1.54) is 25.0 Å². The van der Waals surface area contributed by atoms with Crippen molar-refractivity contribution in [3.63, 3.8) is 0 Å². The third kappa shape index (κ3) is 1.90. The Bertz CT molecular complexity index is 179. The van der Waals surface area contributed by atoms with E-state index in [2.05, 4.69) is 24.4 Å². The number of fused-ring (bicyclic) bond motifs is 1. The summed E-state index contributed by atoms with van der Waals surface area (Å²) in [7, 11) is 0. The molecule has 12 heavy (non-hydrogen) atoms. The molecule has 1 unspecified atom stereocenters. The summed E-state index contributed by atoms with van der Waals surface area (Å²) in [5, 5.41) is 3.45. The molecule has 0 aromatic rings. The monoisotopic (exact) mass is 165 g/mol. The minimum atomic E-state index is 0.663. The standard InChI is InChI=1S/C9H13N.C2H6/c1-7-6-8-4-2-3-5-9(8)10-7;1-2/h4-5,7,10H,2-3,6H2,1H3;1-2H3. The molecule has 2 aliphatic rings. The van der Waals surface area contributed by atoms with Crippen molar-refractivity contribution in [1.29, 1.82) is 0 Å². The van der Waals surface area contributed by atoms with Crippen LogP contribution < -0.4 is 5.32 Å². The van der Waals surface area contributed by atoms with Crippen molar-refractivity contribution in [3.05, 3.63) is 23.4 Å². The highest BCUT2D eigenvalue weighted by molar-refractivity contribution is 5.37. The van der Waals surface area contributed by atoms with Gasteiger partial charge in [0, 0.05) is 11.7 Å². The van der Waals surface area contributed by atoms with Crippen LogP contribution in [0.15, 0.2) is 23.4 Å². The molecule has 68 valence electrons. The predicted octanol–water partition coefficient (Wildman–Crippen LogP) is 3.00. The molecule has 1 saturated heterocycles. The Morgan fingerprint density at radius 3 is 2.58 bits per heavy atom. The molecule has 1 nitrogen and oxygen atoms in total. The number of allylic oxidation sites excluding steroid dienone is 3. The molecule has 1 N–H and O–H groups in total. The molecule has 0 radical (unpaired) electrons. The van der Waals surface area contributed by atoms with E-state index in [9.17, 15) is 0 Å². The van der Waals surface area contributed by atoms with Crippen LogP contribution in [-0.2, 0) is 0 Å². The van der Waals surface area contributed by atoms with Crippen LogP contribution in [0.4, 0.5) is 0 Å². The molecular formula is C11H19N.